The molecule has 0 aromatic carbocycles. The Hall–Kier alpha value is -1.61. The van der Waals surface area contributed by atoms with E-state index >= 15 is 0 Å². The van der Waals surface area contributed by atoms with Gasteiger partial charge < -0.3 is 0 Å². The molecule has 0 atom stereocenters. The highest BCUT2D eigenvalue weighted by Crippen LogP contribution is 2.13. The monoisotopic (exact) mass is 206 g/mol. The first-order chi connectivity index (χ1) is 6.81. The molecule has 3 nitrogen and oxygen atoms in total. The van der Waals surface area contributed by atoms with Crippen molar-refractivity contribution in [1.82, 2.24) is 9.55 Å². The first-order valence-corrected chi connectivity index (χ1v) is 4.43. The number of aldehydes is 1. The maximum absolute atomic E-state index is 10.7. The fraction of sp³-hybridized carbons (Fsp3) is 0. The molecule has 0 fully saturated rings. The van der Waals surface area contributed by atoms with Crippen LogP contribution in [0.1, 0.15) is 10.5 Å². The summed E-state index contributed by atoms with van der Waals surface area (Å²) < 4.78 is 1.68. The summed E-state index contributed by atoms with van der Waals surface area (Å²) in [5.74, 6) is 0.643. The fourth-order valence-corrected chi connectivity index (χ4v) is 1.38. The summed E-state index contributed by atoms with van der Waals surface area (Å²) in [6.07, 6.45) is 4.15. The SMILES string of the molecule is O=Cc1cccn1-c1cc(Cl)ccn1. The summed E-state index contributed by atoms with van der Waals surface area (Å²) in [5.41, 5.74) is 0.555. The third-order valence-electron chi connectivity index (χ3n) is 1.86. The van der Waals surface area contributed by atoms with Crippen molar-refractivity contribution in [2.75, 3.05) is 0 Å². The lowest BCUT2D eigenvalue weighted by molar-refractivity contribution is 0.111. The molecule has 0 unspecified atom stereocenters. The van der Waals surface area contributed by atoms with Crippen molar-refractivity contribution in [2.45, 2.75) is 0 Å². The van der Waals surface area contributed by atoms with Gasteiger partial charge in [-0.15, -0.1) is 0 Å². The van der Waals surface area contributed by atoms with Crippen LogP contribution in [-0.2, 0) is 0 Å². The maximum atomic E-state index is 10.7. The summed E-state index contributed by atoms with van der Waals surface area (Å²) in [6.45, 7) is 0. The van der Waals surface area contributed by atoms with Gasteiger partial charge in [0.25, 0.3) is 0 Å². The molecule has 0 saturated heterocycles. The second-order valence-electron chi connectivity index (χ2n) is 2.75. The summed E-state index contributed by atoms with van der Waals surface area (Å²) in [6, 6.07) is 6.89. The molecule has 0 spiro atoms. The Morgan fingerprint density at radius 2 is 2.29 bits per heavy atom. The minimum absolute atomic E-state index is 0.555. The molecule has 2 heterocycles. The smallest absolute Gasteiger partial charge is 0.166 e. The van der Waals surface area contributed by atoms with Gasteiger partial charge in [0.2, 0.25) is 0 Å². The number of rotatable bonds is 2. The van der Waals surface area contributed by atoms with E-state index in [0.717, 1.165) is 6.29 Å². The molecule has 0 saturated carbocycles. The quantitative estimate of drug-likeness (QED) is 0.707. The molecule has 2 aromatic heterocycles. The predicted molar refractivity (Wildman–Crippen MR) is 54.0 cm³/mol. The lowest BCUT2D eigenvalue weighted by Gasteiger charge is -2.03. The van der Waals surface area contributed by atoms with Crippen LogP contribution in [0.5, 0.6) is 0 Å². The number of carbonyl (C=O) groups excluding carboxylic acids is 1. The minimum Gasteiger partial charge on any atom is -0.299 e. The molecule has 0 amide bonds. The zero-order valence-electron chi connectivity index (χ0n) is 7.22. The Bertz CT molecular complexity index is 465. The van der Waals surface area contributed by atoms with E-state index in [9.17, 15) is 4.79 Å². The van der Waals surface area contributed by atoms with Crippen LogP contribution in [-0.4, -0.2) is 15.8 Å². The molecule has 0 bridgehead atoms. The van der Waals surface area contributed by atoms with Crippen LogP contribution in [0.3, 0.4) is 0 Å². The van der Waals surface area contributed by atoms with Gasteiger partial charge in [0.1, 0.15) is 5.82 Å². The van der Waals surface area contributed by atoms with Crippen molar-refractivity contribution in [2.24, 2.45) is 0 Å². The largest absolute Gasteiger partial charge is 0.299 e. The second-order valence-corrected chi connectivity index (χ2v) is 3.19. The Morgan fingerprint density at radius 3 is 3.00 bits per heavy atom. The molecule has 0 aliphatic rings. The zero-order chi connectivity index (χ0) is 9.97. The first kappa shape index (κ1) is 8.97. The first-order valence-electron chi connectivity index (χ1n) is 4.06. The Labute approximate surface area is 86.0 Å². The lowest BCUT2D eigenvalue weighted by Crippen LogP contribution is -1.99. The van der Waals surface area contributed by atoms with E-state index in [1.165, 1.54) is 0 Å². The van der Waals surface area contributed by atoms with Gasteiger partial charge in [-0.25, -0.2) is 4.98 Å². The summed E-state index contributed by atoms with van der Waals surface area (Å²) >= 11 is 5.82. The Balaban J connectivity index is 2.54. The van der Waals surface area contributed by atoms with Gasteiger partial charge in [-0.1, -0.05) is 11.6 Å². The third kappa shape index (κ3) is 1.54. The number of nitrogens with zero attached hydrogens (tertiary/aromatic N) is 2. The number of aromatic nitrogens is 2. The Kier molecular flexibility index (Phi) is 2.33. The number of halogens is 1. The van der Waals surface area contributed by atoms with Crippen molar-refractivity contribution in [1.29, 1.82) is 0 Å². The molecule has 4 heteroatoms. The van der Waals surface area contributed by atoms with Crippen molar-refractivity contribution in [3.05, 3.63) is 47.4 Å². The summed E-state index contributed by atoms with van der Waals surface area (Å²) in [5, 5.41) is 0.598. The van der Waals surface area contributed by atoms with E-state index in [1.54, 1.807) is 41.2 Å². The van der Waals surface area contributed by atoms with Crippen LogP contribution in [0, 0.1) is 0 Å². The summed E-state index contributed by atoms with van der Waals surface area (Å²) in [7, 11) is 0. The zero-order valence-corrected chi connectivity index (χ0v) is 7.98. The molecule has 14 heavy (non-hydrogen) atoms. The molecule has 2 aromatic rings. The number of hydrogen-bond donors (Lipinski definition) is 0. The average molecular weight is 207 g/mol. The van der Waals surface area contributed by atoms with Crippen molar-refractivity contribution < 1.29 is 4.79 Å². The molecule has 70 valence electrons. The van der Waals surface area contributed by atoms with Gasteiger partial charge in [-0.05, 0) is 18.2 Å². The highest BCUT2D eigenvalue weighted by molar-refractivity contribution is 6.30. The van der Waals surface area contributed by atoms with Crippen LogP contribution >= 0.6 is 11.6 Å². The van der Waals surface area contributed by atoms with E-state index < -0.39 is 0 Å². The van der Waals surface area contributed by atoms with Gasteiger partial charge in [0.05, 0.1) is 5.69 Å². The van der Waals surface area contributed by atoms with Crippen LogP contribution in [0.4, 0.5) is 0 Å². The van der Waals surface area contributed by atoms with Crippen LogP contribution in [0.15, 0.2) is 36.7 Å². The fourth-order valence-electron chi connectivity index (χ4n) is 1.22. The molecule has 0 aliphatic heterocycles. The molecule has 0 aliphatic carbocycles. The lowest BCUT2D eigenvalue weighted by atomic mass is 10.4. The van der Waals surface area contributed by atoms with Crippen LogP contribution in [0.25, 0.3) is 5.82 Å². The van der Waals surface area contributed by atoms with Gasteiger partial charge in [-0.3, -0.25) is 9.36 Å². The highest BCUT2D eigenvalue weighted by Gasteiger charge is 2.02. The standard InChI is InChI=1S/C10H7ClN2O/c11-8-3-4-12-10(6-8)13-5-1-2-9(13)7-14/h1-7H. The molecular formula is C10H7ClN2O. The third-order valence-corrected chi connectivity index (χ3v) is 2.09. The van der Waals surface area contributed by atoms with Crippen LogP contribution < -0.4 is 0 Å². The normalized spacial score (nSPS) is 10.1. The average Bonchev–Trinajstić information content (AvgIpc) is 2.65. The van der Waals surface area contributed by atoms with Crippen molar-refractivity contribution in [3.8, 4) is 5.82 Å². The second kappa shape index (κ2) is 3.64. The van der Waals surface area contributed by atoms with E-state index in [4.69, 9.17) is 11.6 Å². The van der Waals surface area contributed by atoms with Crippen molar-refractivity contribution in [3.63, 3.8) is 0 Å². The summed E-state index contributed by atoms with van der Waals surface area (Å²) in [4.78, 5) is 14.8. The topological polar surface area (TPSA) is 34.9 Å². The highest BCUT2D eigenvalue weighted by atomic mass is 35.5. The van der Waals surface area contributed by atoms with Crippen LogP contribution in [0.2, 0.25) is 5.02 Å². The van der Waals surface area contributed by atoms with Gasteiger partial charge in [-0.2, -0.15) is 0 Å². The van der Waals surface area contributed by atoms with Crippen molar-refractivity contribution >= 4 is 17.9 Å². The molecule has 0 N–H and O–H groups in total. The van der Waals surface area contributed by atoms with E-state index in [1.807, 2.05) is 0 Å². The molecule has 0 radical (unpaired) electrons. The minimum atomic E-state index is 0.555. The van der Waals surface area contributed by atoms with E-state index in [0.29, 0.717) is 16.5 Å². The maximum Gasteiger partial charge on any atom is 0.166 e. The van der Waals surface area contributed by atoms with E-state index in [-0.39, 0.29) is 0 Å². The predicted octanol–water partition coefficient (Wildman–Crippen LogP) is 2.34. The van der Waals surface area contributed by atoms with Gasteiger partial charge in [0.15, 0.2) is 6.29 Å². The number of carbonyl (C=O) groups is 1. The molecule has 2 rings (SSSR count). The Morgan fingerprint density at radius 1 is 1.43 bits per heavy atom. The van der Waals surface area contributed by atoms with Gasteiger partial charge in [0, 0.05) is 23.5 Å². The number of pyridine rings is 1. The van der Waals surface area contributed by atoms with Gasteiger partial charge >= 0.3 is 0 Å². The number of hydrogen-bond acceptors (Lipinski definition) is 2. The van der Waals surface area contributed by atoms with E-state index in [2.05, 4.69) is 4.98 Å². The molecular weight excluding hydrogens is 200 g/mol.